The number of amides is 2. The lowest BCUT2D eigenvalue weighted by Gasteiger charge is -2.26. The summed E-state index contributed by atoms with van der Waals surface area (Å²) in [6.45, 7) is 4.57. The molecule has 0 saturated carbocycles. The van der Waals surface area contributed by atoms with Crippen LogP contribution >= 0.6 is 0 Å². The van der Waals surface area contributed by atoms with E-state index < -0.39 is 17.7 Å². The van der Waals surface area contributed by atoms with E-state index in [-0.39, 0.29) is 31.3 Å². The number of halogens is 3. The first-order valence-corrected chi connectivity index (χ1v) is 9.34. The maximum atomic E-state index is 12.8. The van der Waals surface area contributed by atoms with Crippen molar-refractivity contribution in [1.29, 1.82) is 0 Å². The van der Waals surface area contributed by atoms with Gasteiger partial charge in [0.2, 0.25) is 11.8 Å². The maximum absolute atomic E-state index is 12.8. The summed E-state index contributed by atoms with van der Waals surface area (Å²) in [5, 5.41) is 2.86. The molecule has 1 aromatic carbocycles. The quantitative estimate of drug-likeness (QED) is 0.788. The smallest absolute Gasteiger partial charge is 0.379 e. The van der Waals surface area contributed by atoms with Crippen LogP contribution in [-0.2, 0) is 27.0 Å². The van der Waals surface area contributed by atoms with E-state index in [2.05, 4.69) is 10.2 Å². The van der Waals surface area contributed by atoms with Gasteiger partial charge in [0, 0.05) is 45.7 Å². The Morgan fingerprint density at radius 1 is 1.25 bits per heavy atom. The number of hydrogen-bond donors (Lipinski definition) is 1. The van der Waals surface area contributed by atoms with E-state index in [9.17, 15) is 22.8 Å². The molecule has 2 saturated heterocycles. The molecule has 1 N–H and O–H groups in total. The van der Waals surface area contributed by atoms with Crippen molar-refractivity contribution < 1.29 is 27.5 Å². The van der Waals surface area contributed by atoms with Crippen LogP contribution in [0.2, 0.25) is 0 Å². The highest BCUT2D eigenvalue weighted by Crippen LogP contribution is 2.30. The third-order valence-corrected chi connectivity index (χ3v) is 5.04. The minimum Gasteiger partial charge on any atom is -0.379 e. The van der Waals surface area contributed by atoms with Crippen LogP contribution in [0.3, 0.4) is 0 Å². The second-order valence-electron chi connectivity index (χ2n) is 7.12. The molecule has 9 heteroatoms. The highest BCUT2D eigenvalue weighted by Gasteiger charge is 2.35. The Bertz CT molecular complexity index is 705. The first-order chi connectivity index (χ1) is 13.3. The molecular weight excluding hydrogens is 375 g/mol. The minimum atomic E-state index is -4.42. The Morgan fingerprint density at radius 3 is 2.71 bits per heavy atom. The van der Waals surface area contributed by atoms with Crippen LogP contribution in [0.15, 0.2) is 24.3 Å². The van der Waals surface area contributed by atoms with Gasteiger partial charge in [0.25, 0.3) is 0 Å². The number of nitrogens with zero attached hydrogens (tertiary/aromatic N) is 2. The van der Waals surface area contributed by atoms with E-state index in [1.54, 1.807) is 6.07 Å². The summed E-state index contributed by atoms with van der Waals surface area (Å²) in [6.07, 6.45) is -4.34. The molecule has 2 amide bonds. The Kier molecular flexibility index (Phi) is 6.56. The number of hydrogen-bond acceptors (Lipinski definition) is 4. The lowest BCUT2D eigenvalue weighted by molar-refractivity contribution is -0.137. The van der Waals surface area contributed by atoms with E-state index in [1.807, 2.05) is 0 Å². The van der Waals surface area contributed by atoms with Crippen molar-refractivity contribution in [3.8, 4) is 0 Å². The summed E-state index contributed by atoms with van der Waals surface area (Å²) in [5.41, 5.74) is -0.342. The fourth-order valence-corrected chi connectivity index (χ4v) is 3.47. The van der Waals surface area contributed by atoms with Crippen molar-refractivity contribution in [2.45, 2.75) is 19.1 Å². The van der Waals surface area contributed by atoms with Crippen LogP contribution in [0.1, 0.15) is 17.5 Å². The number of alkyl halides is 3. The fourth-order valence-electron chi connectivity index (χ4n) is 3.47. The van der Waals surface area contributed by atoms with Crippen LogP contribution in [0, 0.1) is 5.92 Å². The number of ether oxygens (including phenoxy) is 1. The summed E-state index contributed by atoms with van der Waals surface area (Å²) in [5.74, 6) is -0.873. The van der Waals surface area contributed by atoms with Crippen molar-refractivity contribution in [3.05, 3.63) is 35.4 Å². The van der Waals surface area contributed by atoms with Gasteiger partial charge < -0.3 is 15.0 Å². The van der Waals surface area contributed by atoms with Crippen molar-refractivity contribution in [3.63, 3.8) is 0 Å². The molecule has 3 rings (SSSR count). The van der Waals surface area contributed by atoms with Crippen LogP contribution < -0.4 is 5.32 Å². The first-order valence-electron chi connectivity index (χ1n) is 9.34. The van der Waals surface area contributed by atoms with Crippen molar-refractivity contribution in [1.82, 2.24) is 15.1 Å². The normalized spacial score (nSPS) is 21.2. The van der Waals surface area contributed by atoms with Crippen molar-refractivity contribution >= 4 is 11.8 Å². The molecule has 2 aliphatic rings. The fraction of sp³-hybridized carbons (Fsp3) is 0.579. The number of rotatable bonds is 6. The van der Waals surface area contributed by atoms with Crippen molar-refractivity contribution in [2.75, 3.05) is 45.9 Å². The highest BCUT2D eigenvalue weighted by atomic mass is 19.4. The Labute approximate surface area is 161 Å². The molecule has 2 fully saturated rings. The standard InChI is InChI=1S/C19H24F3N3O3/c20-19(21,22)16-3-1-2-14(10-16)12-25-13-15(11-17(25)26)18(27)23-4-5-24-6-8-28-9-7-24/h1-3,10,15H,4-9,11-13H2,(H,23,27)/t15-/m1/s1. The maximum Gasteiger partial charge on any atom is 0.416 e. The molecular formula is C19H24F3N3O3. The van der Waals surface area contributed by atoms with Gasteiger partial charge in [0.05, 0.1) is 24.7 Å². The van der Waals surface area contributed by atoms with E-state index in [4.69, 9.17) is 4.74 Å². The topological polar surface area (TPSA) is 61.9 Å². The molecule has 6 nitrogen and oxygen atoms in total. The van der Waals surface area contributed by atoms with Gasteiger partial charge >= 0.3 is 6.18 Å². The van der Waals surface area contributed by atoms with E-state index in [1.165, 1.54) is 11.0 Å². The molecule has 2 heterocycles. The molecule has 0 radical (unpaired) electrons. The van der Waals surface area contributed by atoms with Gasteiger partial charge in [-0.2, -0.15) is 13.2 Å². The highest BCUT2D eigenvalue weighted by molar-refractivity contribution is 5.89. The average Bonchev–Trinajstić information content (AvgIpc) is 3.03. The molecule has 28 heavy (non-hydrogen) atoms. The van der Waals surface area contributed by atoms with Crippen LogP contribution in [0.5, 0.6) is 0 Å². The number of nitrogens with one attached hydrogen (secondary N) is 1. The zero-order valence-corrected chi connectivity index (χ0v) is 15.5. The van der Waals surface area contributed by atoms with Gasteiger partial charge in [-0.05, 0) is 17.7 Å². The predicted molar refractivity (Wildman–Crippen MR) is 95.2 cm³/mol. The van der Waals surface area contributed by atoms with Crippen LogP contribution in [0.25, 0.3) is 0 Å². The molecule has 0 aromatic heterocycles. The number of likely N-dealkylation sites (tertiary alicyclic amines) is 1. The molecule has 1 aromatic rings. The Hall–Kier alpha value is -2.13. The monoisotopic (exact) mass is 399 g/mol. The number of carbonyl (C=O) groups is 2. The summed E-state index contributed by atoms with van der Waals surface area (Å²) in [7, 11) is 0. The molecule has 0 aliphatic carbocycles. The average molecular weight is 399 g/mol. The second kappa shape index (κ2) is 8.91. The summed E-state index contributed by atoms with van der Waals surface area (Å²) in [4.78, 5) is 28.2. The Balaban J connectivity index is 1.48. The minimum absolute atomic E-state index is 0.0698. The van der Waals surface area contributed by atoms with Crippen LogP contribution in [-0.4, -0.2) is 67.6 Å². The van der Waals surface area contributed by atoms with E-state index in [0.29, 0.717) is 25.3 Å². The molecule has 2 aliphatic heterocycles. The van der Waals surface area contributed by atoms with Gasteiger partial charge in [0.15, 0.2) is 0 Å². The zero-order chi connectivity index (χ0) is 20.1. The SMILES string of the molecule is O=C(NCCN1CCOCC1)[C@@H]1CC(=O)N(Cc2cccc(C(F)(F)F)c2)C1. The second-order valence-corrected chi connectivity index (χ2v) is 7.12. The largest absolute Gasteiger partial charge is 0.416 e. The zero-order valence-electron chi connectivity index (χ0n) is 15.5. The lowest BCUT2D eigenvalue weighted by Crippen LogP contribution is -2.42. The van der Waals surface area contributed by atoms with Crippen molar-refractivity contribution in [2.24, 2.45) is 5.92 Å². The lowest BCUT2D eigenvalue weighted by atomic mass is 10.1. The summed E-state index contributed by atoms with van der Waals surface area (Å²) < 4.78 is 43.8. The van der Waals surface area contributed by atoms with Gasteiger partial charge in [-0.3, -0.25) is 14.5 Å². The molecule has 0 unspecified atom stereocenters. The van der Waals surface area contributed by atoms with E-state index in [0.717, 1.165) is 31.8 Å². The van der Waals surface area contributed by atoms with Crippen LogP contribution in [0.4, 0.5) is 13.2 Å². The van der Waals surface area contributed by atoms with Gasteiger partial charge in [-0.25, -0.2) is 0 Å². The van der Waals surface area contributed by atoms with Gasteiger partial charge in [0.1, 0.15) is 0 Å². The number of benzene rings is 1. The van der Waals surface area contributed by atoms with E-state index >= 15 is 0 Å². The first kappa shape index (κ1) is 20.6. The summed E-state index contributed by atoms with van der Waals surface area (Å²) >= 11 is 0. The molecule has 154 valence electrons. The number of carbonyl (C=O) groups excluding carboxylic acids is 2. The summed E-state index contributed by atoms with van der Waals surface area (Å²) in [6, 6.07) is 4.93. The third kappa shape index (κ3) is 5.45. The molecule has 0 bridgehead atoms. The third-order valence-electron chi connectivity index (χ3n) is 5.04. The van der Waals surface area contributed by atoms with Gasteiger partial charge in [-0.1, -0.05) is 12.1 Å². The number of morpholine rings is 1. The predicted octanol–water partition coefficient (Wildman–Crippen LogP) is 1.50. The molecule has 1 atom stereocenters. The van der Waals surface area contributed by atoms with Gasteiger partial charge in [-0.15, -0.1) is 0 Å². The Morgan fingerprint density at radius 2 is 2.00 bits per heavy atom. The molecule has 0 spiro atoms.